The fourth-order valence-corrected chi connectivity index (χ4v) is 16.9. The molecule has 11 N–H and O–H groups in total. The molecule has 35 nitrogen and oxygen atoms in total. The molecule has 6 amide bonds. The van der Waals surface area contributed by atoms with Crippen molar-refractivity contribution in [3.05, 3.63) is 124 Å². The van der Waals surface area contributed by atoms with Crippen molar-refractivity contribution in [1.82, 2.24) is 66.1 Å². The first-order valence-corrected chi connectivity index (χ1v) is 37.8. The Morgan fingerprint density at radius 1 is 0.876 bits per heavy atom. The smallest absolute Gasteiger partial charge is 0.358 e. The Bertz CT molecular complexity index is 4960. The number of pyridine rings is 1. The van der Waals surface area contributed by atoms with Gasteiger partial charge in [-0.25, -0.2) is 39.5 Å². The van der Waals surface area contributed by atoms with Crippen LogP contribution >= 0.6 is 56.7 Å². The maximum absolute atomic E-state index is 15.6. The number of rotatable bonds is 14. The molecule has 1 aromatic carbocycles. The van der Waals surface area contributed by atoms with E-state index < -0.39 is 162 Å². The molecule has 41 heteroatoms. The standard InChI is InChI=1S/C64H66N14O21S6/c1-25(51(65)81)66-52(82)34-22-103-60(71-34)45-39(80)15-30-44(73-45)33-20-101-58(68-33)32-19-96-62(87)47-31-18-94-48(49(99-40-16-64(5,89)50(77(6)7)28(4)98-40)63(88)95-17-29-11-9-12-38(41(29)31)78(47)97-13-10-14-105(90,91)92)46(61-72-35(23-104-61)53(83)67-32)76-55(85)37-24-102-59(70-37)43(27(3)93-8)75-56(86)42(26(2)79)74-54(84)36-21-100-57(30)69-36/h9,11-12,15,20-24,26,28,32,40,42,46,48-50,79-80,89H,1,10,13-14,16-19H2,2-8H3,(H2,65,81)(H,66,82)(H,67,83)(H,74,84)(H,75,86)(H,76,85)(H,90,91,92)/b43-27-. The number of primary amides is 1. The highest BCUT2D eigenvalue weighted by Crippen LogP contribution is 2.43. The van der Waals surface area contributed by atoms with Gasteiger partial charge >= 0.3 is 11.9 Å². The fraction of sp³-hybridized carbons (Fsp3) is 0.375. The summed E-state index contributed by atoms with van der Waals surface area (Å²) in [6.45, 7) is 7.01. The van der Waals surface area contributed by atoms with Gasteiger partial charge in [0.2, 0.25) is 5.91 Å². The average Bonchev–Trinajstić information content (AvgIpc) is 1.53. The van der Waals surface area contributed by atoms with Crippen LogP contribution in [0.25, 0.3) is 49.3 Å². The number of aliphatic hydroxyl groups excluding tert-OH is 1. The van der Waals surface area contributed by atoms with Crippen LogP contribution in [0, 0.1) is 0 Å². The zero-order chi connectivity index (χ0) is 75.2. The van der Waals surface area contributed by atoms with Gasteiger partial charge in [-0.1, -0.05) is 18.7 Å². The van der Waals surface area contributed by atoms with Crippen LogP contribution < -0.4 is 37.2 Å². The van der Waals surface area contributed by atoms with E-state index in [0.717, 1.165) is 61.4 Å². The van der Waals surface area contributed by atoms with E-state index in [1.165, 1.54) is 60.0 Å². The first kappa shape index (κ1) is 75.1. The van der Waals surface area contributed by atoms with E-state index in [1.54, 1.807) is 45.0 Å². The van der Waals surface area contributed by atoms with Gasteiger partial charge in [-0.2, -0.15) is 13.1 Å². The van der Waals surface area contributed by atoms with Crippen LogP contribution in [0.4, 0.5) is 0 Å². The minimum absolute atomic E-state index is 0.00442. The summed E-state index contributed by atoms with van der Waals surface area (Å²) in [6.07, 6.45) is -8.14. The minimum Gasteiger partial charge on any atom is -0.506 e. The number of benzene rings is 1. The van der Waals surface area contributed by atoms with Crippen molar-refractivity contribution < 1.29 is 99.9 Å². The number of allylic oxidation sites excluding steroid dienone is 1. The second kappa shape index (κ2) is 30.5. The largest absolute Gasteiger partial charge is 0.506 e. The Kier molecular flexibility index (Phi) is 21.8. The van der Waals surface area contributed by atoms with Crippen molar-refractivity contribution in [1.29, 1.82) is 0 Å². The van der Waals surface area contributed by atoms with Gasteiger partial charge < -0.3 is 85.8 Å². The van der Waals surface area contributed by atoms with Gasteiger partial charge in [0, 0.05) is 56.3 Å². The summed E-state index contributed by atoms with van der Waals surface area (Å²) in [5.41, 5.74) is 1.82. The molecule has 0 saturated carbocycles. The molecule has 105 heavy (non-hydrogen) atoms. The highest BCUT2D eigenvalue weighted by Gasteiger charge is 2.50. The maximum atomic E-state index is 15.6. The third-order valence-electron chi connectivity index (χ3n) is 17.1. The lowest BCUT2D eigenvalue weighted by molar-refractivity contribution is -0.280. The van der Waals surface area contributed by atoms with Crippen LogP contribution in [0.15, 0.2) is 69.2 Å². The van der Waals surface area contributed by atoms with Gasteiger partial charge in [-0.15, -0.1) is 56.7 Å². The van der Waals surface area contributed by atoms with Gasteiger partial charge in [0.15, 0.2) is 18.1 Å². The number of carbonyl (C=O) groups is 8. The molecule has 4 aliphatic heterocycles. The number of aromatic nitrogens is 7. The van der Waals surface area contributed by atoms with Crippen LogP contribution in [0.2, 0.25) is 0 Å². The number of nitrogens with one attached hydrogen (secondary N) is 5. The first-order valence-electron chi connectivity index (χ1n) is 31.7. The second-order valence-electron chi connectivity index (χ2n) is 24.8. The zero-order valence-electron chi connectivity index (χ0n) is 56.4. The van der Waals surface area contributed by atoms with Gasteiger partial charge in [-0.05, 0) is 59.5 Å². The van der Waals surface area contributed by atoms with Crippen molar-refractivity contribution in [3.63, 3.8) is 0 Å². The number of nitrogens with two attached hydrogens (primary N) is 1. The van der Waals surface area contributed by atoms with Crippen LogP contribution in [0.5, 0.6) is 5.75 Å². The number of amides is 6. The number of hydrogen-bond donors (Lipinski definition) is 10. The van der Waals surface area contributed by atoms with Crippen molar-refractivity contribution >= 4 is 131 Å². The van der Waals surface area contributed by atoms with Crippen molar-refractivity contribution in [3.8, 4) is 38.4 Å². The number of ether oxygens (including phenoxy) is 6. The summed E-state index contributed by atoms with van der Waals surface area (Å²) >= 11 is 4.34. The van der Waals surface area contributed by atoms with Gasteiger partial charge in [0.1, 0.15) is 126 Å². The quantitative estimate of drug-likeness (QED) is 0.0245. The number of esters is 2. The number of carbonyl (C=O) groups excluding carboxylic acids is 8. The van der Waals surface area contributed by atoms with Crippen LogP contribution in [-0.4, -0.2) is 204 Å². The Labute approximate surface area is 615 Å². The van der Waals surface area contributed by atoms with Crippen molar-refractivity contribution in [2.45, 2.75) is 114 Å². The highest BCUT2D eigenvalue weighted by molar-refractivity contribution is 7.85. The molecular formula is C64H66N14O21S6. The van der Waals surface area contributed by atoms with Crippen LogP contribution in [-0.2, 0) is 66.1 Å². The highest BCUT2D eigenvalue weighted by atomic mass is 32.2. The summed E-state index contributed by atoms with van der Waals surface area (Å²) in [5, 5.41) is 55.2. The number of methoxy groups -OCH3 is 1. The first-order chi connectivity index (χ1) is 49.9. The fourth-order valence-electron chi connectivity index (χ4n) is 12.2. The number of thiazole rings is 5. The summed E-state index contributed by atoms with van der Waals surface area (Å²) in [5.74, 6) is -9.28. The molecule has 554 valence electrons. The Balaban J connectivity index is 1.06. The third-order valence-corrected chi connectivity index (χ3v) is 22.3. The molecule has 1 fully saturated rings. The SMILES string of the molecule is C=C(NC(=O)c1csc(-c2nc3c(cc2O)-c2nc(cs2)C(=O)NC(C(C)O)C(=O)N/C(=C(/C)OC)c2nc(cs2)C(=O)NC2c4nc(cs4)C(=O)NC(COC(=O)c4c5c6c(cccc6n4OCCCS(=O)(=O)O)COC(=O)C(OC4CC(C)(O)C(N(C)C)C(C)O4)C2OC5)c2nc-3cs2)n1)C(N)=O. The molecule has 12 rings (SSSR count). The molecule has 11 heterocycles. The molecule has 10 atom stereocenters. The molecule has 8 aromatic rings. The number of aliphatic hydroxyl groups is 2. The van der Waals surface area contributed by atoms with E-state index in [9.17, 15) is 47.5 Å². The molecule has 0 radical (unpaired) electrons. The number of nitrogens with zero attached hydrogens (tertiary/aromatic N) is 8. The Morgan fingerprint density at radius 3 is 2.25 bits per heavy atom. The molecule has 0 spiro atoms. The lowest BCUT2D eigenvalue weighted by atomic mass is 9.85. The van der Waals surface area contributed by atoms with E-state index in [4.69, 9.17) is 53.9 Å². The lowest BCUT2D eigenvalue weighted by Crippen LogP contribution is -2.62. The summed E-state index contributed by atoms with van der Waals surface area (Å²) in [7, 11) is 0.254. The van der Waals surface area contributed by atoms with E-state index in [-0.39, 0.29) is 122 Å². The summed E-state index contributed by atoms with van der Waals surface area (Å²) in [4.78, 5) is 151. The van der Waals surface area contributed by atoms with Crippen LogP contribution in [0.3, 0.4) is 0 Å². The Morgan fingerprint density at radius 2 is 1.54 bits per heavy atom. The maximum Gasteiger partial charge on any atom is 0.358 e. The van der Waals surface area contributed by atoms with Crippen molar-refractivity contribution in [2.24, 2.45) is 5.73 Å². The monoisotopic (exact) mass is 1560 g/mol. The average molecular weight is 1560 g/mol. The molecule has 7 aromatic heterocycles. The number of aromatic hydroxyl groups is 1. The van der Waals surface area contributed by atoms with Gasteiger partial charge in [-0.3, -0.25) is 33.3 Å². The van der Waals surface area contributed by atoms with E-state index in [0.29, 0.717) is 0 Å². The number of fused-ring (bicyclic) bond motifs is 15. The third kappa shape index (κ3) is 15.9. The molecule has 1 saturated heterocycles. The van der Waals surface area contributed by atoms with Gasteiger partial charge in [0.25, 0.3) is 39.7 Å². The van der Waals surface area contributed by atoms with Crippen molar-refractivity contribution in [2.75, 3.05) is 40.2 Å². The summed E-state index contributed by atoms with van der Waals surface area (Å²) < 4.78 is 72.9. The van der Waals surface area contributed by atoms with Crippen LogP contribution in [0.1, 0.15) is 131 Å². The predicted molar refractivity (Wildman–Crippen MR) is 375 cm³/mol. The minimum atomic E-state index is -4.54. The number of hydrogen-bond acceptors (Lipinski definition) is 32. The Hall–Kier alpha value is -9.63. The number of cyclic esters (lactones) is 2. The molecular weight excluding hydrogens is 1490 g/mol. The van der Waals surface area contributed by atoms with E-state index in [1.807, 2.05) is 0 Å². The number of likely N-dealkylation sites (N-methyl/N-ethyl adjacent to an activating group) is 1. The molecule has 0 aliphatic carbocycles. The normalized spacial score (nSPS) is 23.3. The predicted octanol–water partition coefficient (Wildman–Crippen LogP) is 3.36. The zero-order valence-corrected chi connectivity index (χ0v) is 61.3. The second-order valence-corrected chi connectivity index (χ2v) is 30.7. The summed E-state index contributed by atoms with van der Waals surface area (Å²) in [6, 6.07) is 0.468. The van der Waals surface area contributed by atoms with Gasteiger partial charge in [0.05, 0.1) is 54.5 Å². The van der Waals surface area contributed by atoms with E-state index >= 15 is 19.2 Å². The topological polar surface area (TPSA) is 488 Å². The molecule has 4 aliphatic rings. The molecule has 10 unspecified atom stereocenters. The molecule has 12 bridgehead atoms. The van der Waals surface area contributed by atoms with E-state index in [2.05, 4.69) is 48.1 Å². The lowest BCUT2D eigenvalue weighted by Gasteiger charge is -2.48.